The Balaban J connectivity index is 3.80. The molecular weight excluding hydrogens is 830 g/mol. The van der Waals surface area contributed by atoms with Crippen LogP contribution in [-0.4, -0.2) is 49.9 Å². The molecule has 0 rings (SSSR count). The summed E-state index contributed by atoms with van der Waals surface area (Å²) < 4.78 is 33.7. The molecule has 2 atom stereocenters. The number of carbonyl (C=O) groups is 1. The summed E-state index contributed by atoms with van der Waals surface area (Å²) in [5, 5.41) is 0. The fourth-order valence-electron chi connectivity index (χ4n) is 9.00. The third kappa shape index (κ3) is 54.3. The van der Waals surface area contributed by atoms with Gasteiger partial charge in [-0.05, 0) is 12.8 Å². The molecule has 0 aliphatic heterocycles. The number of hydrogen-bond acceptors (Lipinski definition) is 7. The van der Waals surface area contributed by atoms with Crippen LogP contribution < -0.4 is 5.73 Å². The minimum absolute atomic E-state index is 0.0895. The molecule has 65 heavy (non-hydrogen) atoms. The van der Waals surface area contributed by atoms with Crippen molar-refractivity contribution in [3.63, 3.8) is 0 Å². The summed E-state index contributed by atoms with van der Waals surface area (Å²) >= 11 is 0. The molecule has 0 aromatic carbocycles. The normalized spacial score (nSPS) is 13.1. The molecule has 390 valence electrons. The zero-order chi connectivity index (χ0) is 47.3. The smallest absolute Gasteiger partial charge is 0.457 e. The quantitative estimate of drug-likeness (QED) is 0.0352. The first-order valence-electron chi connectivity index (χ1n) is 29.0. The standard InChI is InChI=1S/C56H114NO7P/c1-3-5-7-9-11-13-15-17-19-21-23-25-26-27-28-29-30-31-33-35-37-39-41-43-45-47-49-56(58)64-55(54-63-65(59,60)62-52-50-57)53-61-51-48-46-44-42-40-38-36-34-32-24-22-20-18-16-14-12-10-8-6-4-2/h55H,3-54,57H2,1-2H3,(H,59,60)/t55-/m1/s1. The van der Waals surface area contributed by atoms with Gasteiger partial charge in [-0.1, -0.05) is 296 Å². The number of carbonyl (C=O) groups excluding carboxylic acids is 1. The molecule has 0 bridgehead atoms. The van der Waals surface area contributed by atoms with Crippen LogP contribution >= 0.6 is 7.82 Å². The lowest BCUT2D eigenvalue weighted by Gasteiger charge is -2.20. The number of rotatable bonds is 57. The van der Waals surface area contributed by atoms with Gasteiger partial charge in [0, 0.05) is 19.6 Å². The molecule has 0 spiro atoms. The Bertz CT molecular complexity index is 971. The molecule has 0 aliphatic carbocycles. The van der Waals surface area contributed by atoms with Gasteiger partial charge in [0.1, 0.15) is 6.10 Å². The van der Waals surface area contributed by atoms with Crippen molar-refractivity contribution in [2.75, 3.05) is 33.0 Å². The van der Waals surface area contributed by atoms with Gasteiger partial charge >= 0.3 is 13.8 Å². The van der Waals surface area contributed by atoms with Crippen molar-refractivity contribution in [1.82, 2.24) is 0 Å². The molecule has 0 amide bonds. The maximum Gasteiger partial charge on any atom is 0.472 e. The van der Waals surface area contributed by atoms with E-state index < -0.39 is 13.9 Å². The minimum atomic E-state index is -4.28. The van der Waals surface area contributed by atoms with Crippen molar-refractivity contribution in [3.8, 4) is 0 Å². The SMILES string of the molecule is CCCCCCCCCCCCCCCCCCCCCCCCCCCCC(=O)O[C@H](COCCCCCCCCCCCCCCCCCCCCCC)COP(=O)(O)OCCN. The van der Waals surface area contributed by atoms with Crippen molar-refractivity contribution in [2.24, 2.45) is 5.73 Å². The van der Waals surface area contributed by atoms with Gasteiger partial charge < -0.3 is 20.1 Å². The largest absolute Gasteiger partial charge is 0.472 e. The average molecular weight is 945 g/mol. The van der Waals surface area contributed by atoms with Gasteiger partial charge in [0.2, 0.25) is 0 Å². The monoisotopic (exact) mass is 944 g/mol. The first-order valence-corrected chi connectivity index (χ1v) is 30.5. The second kappa shape index (κ2) is 54.4. The predicted octanol–water partition coefficient (Wildman–Crippen LogP) is 18.4. The third-order valence-electron chi connectivity index (χ3n) is 13.3. The van der Waals surface area contributed by atoms with Gasteiger partial charge in [0.15, 0.2) is 0 Å². The topological polar surface area (TPSA) is 117 Å². The van der Waals surface area contributed by atoms with E-state index in [-0.39, 0.29) is 32.3 Å². The molecule has 0 heterocycles. The average Bonchev–Trinajstić information content (AvgIpc) is 3.30. The number of nitrogens with two attached hydrogens (primary N) is 1. The van der Waals surface area contributed by atoms with Crippen LogP contribution in [0.15, 0.2) is 0 Å². The minimum Gasteiger partial charge on any atom is -0.457 e. The molecule has 0 saturated heterocycles. The van der Waals surface area contributed by atoms with Crippen molar-refractivity contribution < 1.29 is 32.8 Å². The molecule has 0 saturated carbocycles. The number of esters is 1. The molecule has 0 aliphatic rings. The molecule has 8 nitrogen and oxygen atoms in total. The van der Waals surface area contributed by atoms with E-state index in [1.165, 1.54) is 263 Å². The van der Waals surface area contributed by atoms with Gasteiger partial charge in [-0.25, -0.2) is 4.57 Å². The zero-order valence-corrected chi connectivity index (χ0v) is 44.7. The Morgan fingerprint density at radius 3 is 0.969 bits per heavy atom. The summed E-state index contributed by atoms with van der Waals surface area (Å²) in [4.78, 5) is 22.7. The number of unbranched alkanes of at least 4 members (excludes halogenated alkanes) is 44. The number of hydrogen-bond donors (Lipinski definition) is 2. The van der Waals surface area contributed by atoms with Crippen molar-refractivity contribution in [1.29, 1.82) is 0 Å². The maximum absolute atomic E-state index is 12.7. The molecule has 0 fully saturated rings. The lowest BCUT2D eigenvalue weighted by Crippen LogP contribution is -2.28. The molecular formula is C56H114NO7P. The summed E-state index contributed by atoms with van der Waals surface area (Å²) in [5.41, 5.74) is 5.40. The lowest BCUT2D eigenvalue weighted by atomic mass is 10.0. The van der Waals surface area contributed by atoms with E-state index in [4.69, 9.17) is 24.3 Å². The Labute approximate surface area is 405 Å². The molecule has 3 N–H and O–H groups in total. The van der Waals surface area contributed by atoms with Gasteiger partial charge in [-0.3, -0.25) is 13.8 Å². The lowest BCUT2D eigenvalue weighted by molar-refractivity contribution is -0.154. The van der Waals surface area contributed by atoms with E-state index in [0.29, 0.717) is 13.0 Å². The molecule has 0 radical (unpaired) electrons. The summed E-state index contributed by atoms with van der Waals surface area (Å²) in [6.45, 7) is 5.03. The van der Waals surface area contributed by atoms with Crippen molar-refractivity contribution in [2.45, 2.75) is 322 Å². The summed E-state index contributed by atoms with van der Waals surface area (Å²) in [5.74, 6) is -0.319. The van der Waals surface area contributed by atoms with Gasteiger partial charge in [0.25, 0.3) is 0 Å². The number of ether oxygens (including phenoxy) is 2. The Hall–Kier alpha value is -0.500. The Kier molecular flexibility index (Phi) is 54.0. The predicted molar refractivity (Wildman–Crippen MR) is 280 cm³/mol. The van der Waals surface area contributed by atoms with E-state index in [1.54, 1.807) is 0 Å². The Morgan fingerprint density at radius 1 is 0.400 bits per heavy atom. The highest BCUT2D eigenvalue weighted by molar-refractivity contribution is 7.47. The zero-order valence-electron chi connectivity index (χ0n) is 43.8. The van der Waals surface area contributed by atoms with Crippen LogP contribution in [-0.2, 0) is 27.9 Å². The highest BCUT2D eigenvalue weighted by Gasteiger charge is 2.25. The van der Waals surface area contributed by atoms with Crippen molar-refractivity contribution >= 4 is 13.8 Å². The van der Waals surface area contributed by atoms with Crippen LogP contribution in [0, 0.1) is 0 Å². The fraction of sp³-hybridized carbons (Fsp3) is 0.982. The second-order valence-corrected chi connectivity index (χ2v) is 21.3. The first-order chi connectivity index (χ1) is 31.9. The van der Waals surface area contributed by atoms with Crippen LogP contribution in [0.2, 0.25) is 0 Å². The van der Waals surface area contributed by atoms with Crippen LogP contribution in [0.5, 0.6) is 0 Å². The number of phosphoric ester groups is 1. The van der Waals surface area contributed by atoms with Crippen LogP contribution in [0.4, 0.5) is 0 Å². The van der Waals surface area contributed by atoms with E-state index in [0.717, 1.165) is 32.1 Å². The van der Waals surface area contributed by atoms with E-state index in [2.05, 4.69) is 13.8 Å². The summed E-state index contributed by atoms with van der Waals surface area (Å²) in [7, 11) is -4.28. The number of phosphoric acid groups is 1. The third-order valence-corrected chi connectivity index (χ3v) is 14.3. The maximum atomic E-state index is 12.7. The Morgan fingerprint density at radius 2 is 0.677 bits per heavy atom. The van der Waals surface area contributed by atoms with Gasteiger partial charge in [0.05, 0.1) is 19.8 Å². The fourth-order valence-corrected chi connectivity index (χ4v) is 9.77. The molecule has 1 unspecified atom stereocenters. The van der Waals surface area contributed by atoms with Gasteiger partial charge in [-0.2, -0.15) is 0 Å². The highest BCUT2D eigenvalue weighted by atomic mass is 31.2. The molecule has 0 aromatic rings. The van der Waals surface area contributed by atoms with E-state index in [9.17, 15) is 14.3 Å². The highest BCUT2D eigenvalue weighted by Crippen LogP contribution is 2.43. The molecule has 0 aromatic heterocycles. The van der Waals surface area contributed by atoms with Gasteiger partial charge in [-0.15, -0.1) is 0 Å². The van der Waals surface area contributed by atoms with Crippen LogP contribution in [0.1, 0.15) is 316 Å². The summed E-state index contributed by atoms with van der Waals surface area (Å²) in [6.07, 6.45) is 61.6. The summed E-state index contributed by atoms with van der Waals surface area (Å²) in [6, 6.07) is 0. The van der Waals surface area contributed by atoms with E-state index in [1.807, 2.05) is 0 Å². The first kappa shape index (κ1) is 64.5. The second-order valence-electron chi connectivity index (χ2n) is 19.9. The molecule has 9 heteroatoms. The van der Waals surface area contributed by atoms with Crippen molar-refractivity contribution in [3.05, 3.63) is 0 Å². The van der Waals surface area contributed by atoms with Crippen LogP contribution in [0.3, 0.4) is 0 Å². The van der Waals surface area contributed by atoms with Crippen LogP contribution in [0.25, 0.3) is 0 Å². The van der Waals surface area contributed by atoms with E-state index >= 15 is 0 Å².